The molecule has 2 fully saturated rings. The van der Waals surface area contributed by atoms with Crippen molar-refractivity contribution >= 4 is 0 Å². The van der Waals surface area contributed by atoms with E-state index in [-0.39, 0.29) is 11.2 Å². The van der Waals surface area contributed by atoms with Crippen LogP contribution in [0.2, 0.25) is 0 Å². The van der Waals surface area contributed by atoms with Crippen molar-refractivity contribution in [1.82, 2.24) is 0 Å². The maximum Gasteiger partial charge on any atom is 0.0953 e. The van der Waals surface area contributed by atoms with Crippen LogP contribution in [0.3, 0.4) is 0 Å². The van der Waals surface area contributed by atoms with Gasteiger partial charge in [-0.2, -0.15) is 0 Å². The maximum atomic E-state index is 6.61. The molecule has 2 bridgehead atoms. The van der Waals surface area contributed by atoms with Gasteiger partial charge in [0.15, 0.2) is 0 Å². The lowest BCUT2D eigenvalue weighted by molar-refractivity contribution is -0.130. The lowest BCUT2D eigenvalue weighted by atomic mass is 9.56. The molecule has 0 unspecified atom stereocenters. The molecule has 90 valence electrons. The Hall–Kier alpha value is -0.300. The van der Waals surface area contributed by atoms with E-state index >= 15 is 0 Å². The van der Waals surface area contributed by atoms with Crippen molar-refractivity contribution in [3.8, 4) is 0 Å². The molecule has 1 nitrogen and oxygen atoms in total. The molecule has 1 saturated carbocycles. The van der Waals surface area contributed by atoms with Gasteiger partial charge in [-0.25, -0.2) is 0 Å². The van der Waals surface area contributed by atoms with Crippen molar-refractivity contribution < 1.29 is 4.74 Å². The molecule has 0 aromatic carbocycles. The van der Waals surface area contributed by atoms with Gasteiger partial charge >= 0.3 is 0 Å². The summed E-state index contributed by atoms with van der Waals surface area (Å²) >= 11 is 0. The summed E-state index contributed by atoms with van der Waals surface area (Å²) in [5, 5.41) is 0. The van der Waals surface area contributed by atoms with Crippen LogP contribution >= 0.6 is 0 Å². The van der Waals surface area contributed by atoms with Gasteiger partial charge in [-0.3, -0.25) is 0 Å². The van der Waals surface area contributed by atoms with Crippen LogP contribution in [0.4, 0.5) is 0 Å². The number of allylic oxidation sites excluding steroid dienone is 1. The fourth-order valence-electron chi connectivity index (χ4n) is 4.50. The number of hydrogen-bond donors (Lipinski definition) is 0. The standard InChI is InChI=1S/C15H24O/c1-11-6-5-8-14(4)9-7-12-10-15(11,14)16-13(12,2)3/h6,12H,5,7-10H2,1-4H3/t12-,14-,15+/m1/s1. The molecule has 0 N–H and O–H groups in total. The van der Waals surface area contributed by atoms with Crippen LogP contribution in [0, 0.1) is 11.3 Å². The summed E-state index contributed by atoms with van der Waals surface area (Å²) in [6, 6.07) is 0. The molecule has 1 spiro atoms. The fourth-order valence-corrected chi connectivity index (χ4v) is 4.50. The number of ether oxygens (including phenoxy) is 1. The monoisotopic (exact) mass is 220 g/mol. The molecule has 3 rings (SSSR count). The molecule has 3 atom stereocenters. The normalized spacial score (nSPS) is 49.8. The zero-order valence-corrected chi connectivity index (χ0v) is 11.1. The quantitative estimate of drug-likeness (QED) is 0.559. The third-order valence-electron chi connectivity index (χ3n) is 5.76. The summed E-state index contributed by atoms with van der Waals surface area (Å²) in [6.45, 7) is 9.34. The summed E-state index contributed by atoms with van der Waals surface area (Å²) in [6.07, 6.45) is 8.96. The van der Waals surface area contributed by atoms with Gasteiger partial charge in [0, 0.05) is 5.41 Å². The Morgan fingerprint density at radius 3 is 2.75 bits per heavy atom. The van der Waals surface area contributed by atoms with Gasteiger partial charge in [0.2, 0.25) is 0 Å². The highest BCUT2D eigenvalue weighted by Gasteiger charge is 2.63. The molecule has 0 aromatic rings. The van der Waals surface area contributed by atoms with E-state index in [1.807, 2.05) is 0 Å². The highest BCUT2D eigenvalue weighted by Crippen LogP contribution is 2.64. The molecule has 1 saturated heterocycles. The lowest BCUT2D eigenvalue weighted by Crippen LogP contribution is -2.51. The minimum absolute atomic E-state index is 0.0810. The molecule has 1 heteroatoms. The van der Waals surface area contributed by atoms with Gasteiger partial charge in [0.05, 0.1) is 11.2 Å². The molecule has 2 aliphatic carbocycles. The van der Waals surface area contributed by atoms with Gasteiger partial charge in [0.1, 0.15) is 0 Å². The minimum atomic E-state index is 0.0810. The molecule has 0 aromatic heterocycles. The predicted molar refractivity (Wildman–Crippen MR) is 66.3 cm³/mol. The molecule has 0 radical (unpaired) electrons. The van der Waals surface area contributed by atoms with Crippen LogP contribution < -0.4 is 0 Å². The van der Waals surface area contributed by atoms with Gasteiger partial charge in [0.25, 0.3) is 0 Å². The van der Waals surface area contributed by atoms with Gasteiger partial charge < -0.3 is 4.74 Å². The Morgan fingerprint density at radius 2 is 2.00 bits per heavy atom. The Balaban J connectivity index is 2.11. The molecular weight excluding hydrogens is 196 g/mol. The van der Waals surface area contributed by atoms with Crippen LogP contribution in [0.15, 0.2) is 11.6 Å². The van der Waals surface area contributed by atoms with Gasteiger partial charge in [-0.1, -0.05) is 13.0 Å². The van der Waals surface area contributed by atoms with E-state index in [4.69, 9.17) is 4.74 Å². The van der Waals surface area contributed by atoms with E-state index in [2.05, 4.69) is 33.8 Å². The fraction of sp³-hybridized carbons (Fsp3) is 0.867. The summed E-state index contributed by atoms with van der Waals surface area (Å²) in [7, 11) is 0. The summed E-state index contributed by atoms with van der Waals surface area (Å²) in [5.74, 6) is 0.766. The summed E-state index contributed by atoms with van der Waals surface area (Å²) < 4.78 is 6.61. The Labute approximate surface area is 99.3 Å². The lowest BCUT2D eigenvalue weighted by Gasteiger charge is -2.51. The molecule has 16 heavy (non-hydrogen) atoms. The van der Waals surface area contributed by atoms with E-state index in [0.717, 1.165) is 5.92 Å². The van der Waals surface area contributed by atoms with Crippen molar-refractivity contribution in [2.45, 2.75) is 71.0 Å². The van der Waals surface area contributed by atoms with Crippen molar-refractivity contribution in [3.05, 3.63) is 11.6 Å². The second-order valence-electron chi connectivity index (χ2n) is 6.96. The summed E-state index contributed by atoms with van der Waals surface area (Å²) in [5.41, 5.74) is 2.08. The zero-order chi connectivity index (χ0) is 11.6. The van der Waals surface area contributed by atoms with E-state index < -0.39 is 0 Å². The average Bonchev–Trinajstić information content (AvgIpc) is 2.42. The first-order valence-corrected chi connectivity index (χ1v) is 6.77. The number of hydrogen-bond acceptors (Lipinski definition) is 1. The first kappa shape index (κ1) is 10.8. The third-order valence-corrected chi connectivity index (χ3v) is 5.76. The van der Waals surface area contributed by atoms with E-state index in [1.165, 1.54) is 37.7 Å². The molecule has 0 amide bonds. The number of rotatable bonds is 0. The Bertz CT molecular complexity index is 354. The molecular formula is C15H24O. The predicted octanol–water partition coefficient (Wildman–Crippen LogP) is 4.08. The van der Waals surface area contributed by atoms with Gasteiger partial charge in [-0.15, -0.1) is 0 Å². The van der Waals surface area contributed by atoms with Crippen molar-refractivity contribution in [1.29, 1.82) is 0 Å². The maximum absolute atomic E-state index is 6.61. The Kier molecular flexibility index (Phi) is 1.98. The summed E-state index contributed by atoms with van der Waals surface area (Å²) in [4.78, 5) is 0. The van der Waals surface area contributed by atoms with E-state index in [0.29, 0.717) is 5.41 Å². The van der Waals surface area contributed by atoms with E-state index in [1.54, 1.807) is 0 Å². The van der Waals surface area contributed by atoms with Crippen LogP contribution in [-0.2, 0) is 4.74 Å². The third kappa shape index (κ3) is 1.11. The topological polar surface area (TPSA) is 9.23 Å². The number of fused-ring (bicyclic) bond motifs is 1. The second kappa shape index (κ2) is 2.93. The second-order valence-corrected chi connectivity index (χ2v) is 6.96. The van der Waals surface area contributed by atoms with Crippen molar-refractivity contribution in [3.63, 3.8) is 0 Å². The first-order chi connectivity index (χ1) is 7.40. The Morgan fingerprint density at radius 1 is 1.25 bits per heavy atom. The molecule has 1 aliphatic heterocycles. The van der Waals surface area contributed by atoms with Crippen LogP contribution in [0.25, 0.3) is 0 Å². The van der Waals surface area contributed by atoms with Crippen LogP contribution in [0.1, 0.15) is 59.8 Å². The smallest absolute Gasteiger partial charge is 0.0953 e. The average molecular weight is 220 g/mol. The van der Waals surface area contributed by atoms with Crippen LogP contribution in [0.5, 0.6) is 0 Å². The van der Waals surface area contributed by atoms with Crippen molar-refractivity contribution in [2.75, 3.05) is 0 Å². The van der Waals surface area contributed by atoms with Crippen LogP contribution in [-0.4, -0.2) is 11.2 Å². The zero-order valence-electron chi connectivity index (χ0n) is 11.1. The molecule has 3 aliphatic rings. The largest absolute Gasteiger partial charge is 0.364 e. The molecule has 1 heterocycles. The SMILES string of the molecule is CC1=CCC[C@]2(C)CC[C@@H]3C[C@]12OC3(C)C. The highest BCUT2D eigenvalue weighted by atomic mass is 16.5. The first-order valence-electron chi connectivity index (χ1n) is 6.77. The van der Waals surface area contributed by atoms with Crippen molar-refractivity contribution in [2.24, 2.45) is 11.3 Å². The van der Waals surface area contributed by atoms with Gasteiger partial charge in [-0.05, 0) is 64.4 Å². The minimum Gasteiger partial charge on any atom is -0.364 e. The highest BCUT2D eigenvalue weighted by molar-refractivity contribution is 5.29. The van der Waals surface area contributed by atoms with E-state index in [9.17, 15) is 0 Å².